The fraction of sp³-hybridized carbons (Fsp3) is 0.304. The van der Waals surface area contributed by atoms with E-state index in [1.54, 1.807) is 4.90 Å². The fourth-order valence-corrected chi connectivity index (χ4v) is 4.18. The van der Waals surface area contributed by atoms with Crippen LogP contribution in [-0.4, -0.2) is 39.7 Å². The maximum absolute atomic E-state index is 12.8. The molecule has 8 heteroatoms. The summed E-state index contributed by atoms with van der Waals surface area (Å²) in [6.07, 6.45) is 0.818. The van der Waals surface area contributed by atoms with Crippen LogP contribution in [0.1, 0.15) is 32.9 Å². The van der Waals surface area contributed by atoms with Gasteiger partial charge in [-0.25, -0.2) is 4.98 Å². The molecule has 31 heavy (non-hydrogen) atoms. The first-order chi connectivity index (χ1) is 14.9. The molecule has 0 fully saturated rings. The SMILES string of the molecule is Cc1nn(C)c(C)c1CN1C(=O)COc2ccc(-c3ccc4c(c3)C(=O)NCC4)nc21. The van der Waals surface area contributed by atoms with Crippen LogP contribution in [0.2, 0.25) is 0 Å². The summed E-state index contributed by atoms with van der Waals surface area (Å²) in [6, 6.07) is 9.50. The topological polar surface area (TPSA) is 89.4 Å². The highest BCUT2D eigenvalue weighted by molar-refractivity contribution is 5.98. The van der Waals surface area contributed by atoms with E-state index in [4.69, 9.17) is 9.72 Å². The van der Waals surface area contributed by atoms with Gasteiger partial charge in [0, 0.05) is 36.0 Å². The van der Waals surface area contributed by atoms with E-state index >= 15 is 0 Å². The highest BCUT2D eigenvalue weighted by Crippen LogP contribution is 2.35. The molecule has 0 saturated heterocycles. The number of nitrogens with zero attached hydrogens (tertiary/aromatic N) is 4. The first-order valence-corrected chi connectivity index (χ1v) is 10.3. The van der Waals surface area contributed by atoms with E-state index in [0.717, 1.165) is 34.5 Å². The van der Waals surface area contributed by atoms with Crippen molar-refractivity contribution in [3.8, 4) is 17.0 Å². The molecule has 0 atom stereocenters. The Hall–Kier alpha value is -3.68. The van der Waals surface area contributed by atoms with E-state index in [-0.39, 0.29) is 18.4 Å². The van der Waals surface area contributed by atoms with Crippen LogP contribution in [0.15, 0.2) is 30.3 Å². The summed E-state index contributed by atoms with van der Waals surface area (Å²) in [5.74, 6) is 0.838. The van der Waals surface area contributed by atoms with Crippen molar-refractivity contribution in [3.63, 3.8) is 0 Å². The standard InChI is InChI=1S/C23H23N5O3/c1-13-18(14(2)27(3)26-13)11-28-21(29)12-31-20-7-6-19(25-22(20)28)16-5-4-15-8-9-24-23(30)17(15)10-16/h4-7,10H,8-9,11-12H2,1-3H3,(H,24,30). The predicted octanol–water partition coefficient (Wildman–Crippen LogP) is 2.31. The molecule has 5 rings (SSSR count). The van der Waals surface area contributed by atoms with Crippen LogP contribution in [0.5, 0.6) is 5.75 Å². The number of rotatable bonds is 3. The second-order valence-corrected chi connectivity index (χ2v) is 7.94. The number of hydrogen-bond donors (Lipinski definition) is 1. The van der Waals surface area contributed by atoms with Gasteiger partial charge in [-0.05, 0) is 44.0 Å². The Labute approximate surface area is 179 Å². The molecule has 0 bridgehead atoms. The minimum absolute atomic E-state index is 0.0224. The van der Waals surface area contributed by atoms with E-state index in [1.165, 1.54) is 0 Å². The van der Waals surface area contributed by atoms with Gasteiger partial charge in [0.2, 0.25) is 0 Å². The number of fused-ring (bicyclic) bond motifs is 2. The van der Waals surface area contributed by atoms with Crippen LogP contribution in [-0.2, 0) is 24.8 Å². The van der Waals surface area contributed by atoms with Gasteiger partial charge in [-0.15, -0.1) is 0 Å². The van der Waals surface area contributed by atoms with Crippen LogP contribution < -0.4 is 15.0 Å². The molecule has 158 valence electrons. The van der Waals surface area contributed by atoms with Gasteiger partial charge in [-0.1, -0.05) is 12.1 Å². The van der Waals surface area contributed by atoms with Crippen molar-refractivity contribution in [3.05, 3.63) is 58.4 Å². The second kappa shape index (κ2) is 7.23. The van der Waals surface area contributed by atoms with Crippen molar-refractivity contribution in [2.24, 2.45) is 7.05 Å². The molecule has 0 spiro atoms. The number of hydrogen-bond acceptors (Lipinski definition) is 5. The molecular formula is C23H23N5O3. The molecule has 0 unspecified atom stereocenters. The zero-order valence-electron chi connectivity index (χ0n) is 17.7. The Kier molecular flexibility index (Phi) is 4.50. The highest BCUT2D eigenvalue weighted by Gasteiger charge is 2.29. The number of pyridine rings is 1. The minimum atomic E-state index is -0.148. The van der Waals surface area contributed by atoms with Crippen LogP contribution >= 0.6 is 0 Å². The van der Waals surface area contributed by atoms with Crippen molar-refractivity contribution in [1.82, 2.24) is 20.1 Å². The van der Waals surface area contributed by atoms with E-state index in [1.807, 2.05) is 55.9 Å². The van der Waals surface area contributed by atoms with Crippen LogP contribution in [0.25, 0.3) is 11.3 Å². The number of carbonyl (C=O) groups excluding carboxylic acids is 2. The first-order valence-electron chi connectivity index (χ1n) is 10.3. The molecule has 2 amide bonds. The summed E-state index contributed by atoms with van der Waals surface area (Å²) in [5, 5.41) is 7.34. The number of benzene rings is 1. The smallest absolute Gasteiger partial charge is 0.266 e. The minimum Gasteiger partial charge on any atom is -0.480 e. The predicted molar refractivity (Wildman–Crippen MR) is 115 cm³/mol. The average Bonchev–Trinajstić information content (AvgIpc) is 3.01. The Balaban J connectivity index is 1.55. The largest absolute Gasteiger partial charge is 0.480 e. The lowest BCUT2D eigenvalue weighted by Crippen LogP contribution is -2.39. The molecule has 0 saturated carbocycles. The molecule has 3 aromatic rings. The van der Waals surface area contributed by atoms with Gasteiger partial charge in [0.25, 0.3) is 11.8 Å². The van der Waals surface area contributed by atoms with Gasteiger partial charge in [-0.2, -0.15) is 5.10 Å². The third-order valence-electron chi connectivity index (χ3n) is 6.05. The first kappa shape index (κ1) is 19.3. The van der Waals surface area contributed by atoms with Crippen molar-refractivity contribution >= 4 is 17.6 Å². The summed E-state index contributed by atoms with van der Waals surface area (Å²) in [6.45, 7) is 4.94. The lowest BCUT2D eigenvalue weighted by molar-refractivity contribution is -0.121. The Bertz CT molecular complexity index is 1230. The molecule has 0 aliphatic carbocycles. The van der Waals surface area contributed by atoms with Gasteiger partial charge in [0.05, 0.1) is 17.9 Å². The fourth-order valence-electron chi connectivity index (χ4n) is 4.18. The van der Waals surface area contributed by atoms with Crippen molar-refractivity contribution in [1.29, 1.82) is 0 Å². The maximum atomic E-state index is 12.8. The number of carbonyl (C=O) groups is 2. The average molecular weight is 417 g/mol. The quantitative estimate of drug-likeness (QED) is 0.706. The van der Waals surface area contributed by atoms with Crippen LogP contribution in [0, 0.1) is 13.8 Å². The zero-order chi connectivity index (χ0) is 21.7. The Morgan fingerprint density at radius 2 is 2.00 bits per heavy atom. The van der Waals surface area contributed by atoms with Gasteiger partial charge in [0.15, 0.2) is 18.2 Å². The molecule has 4 heterocycles. The van der Waals surface area contributed by atoms with Crippen molar-refractivity contribution < 1.29 is 14.3 Å². The highest BCUT2D eigenvalue weighted by atomic mass is 16.5. The summed E-state index contributed by atoms with van der Waals surface area (Å²) >= 11 is 0. The summed E-state index contributed by atoms with van der Waals surface area (Å²) < 4.78 is 7.45. The van der Waals surface area contributed by atoms with E-state index in [9.17, 15) is 9.59 Å². The lowest BCUT2D eigenvalue weighted by atomic mass is 9.96. The van der Waals surface area contributed by atoms with Crippen LogP contribution in [0.4, 0.5) is 5.82 Å². The number of amides is 2. The third kappa shape index (κ3) is 3.24. The molecule has 1 aromatic carbocycles. The Morgan fingerprint density at radius 1 is 1.16 bits per heavy atom. The number of aromatic nitrogens is 3. The maximum Gasteiger partial charge on any atom is 0.266 e. The summed E-state index contributed by atoms with van der Waals surface area (Å²) in [5.41, 5.74) is 6.12. The number of anilines is 1. The van der Waals surface area contributed by atoms with Gasteiger partial charge in [0.1, 0.15) is 0 Å². The number of ether oxygens (including phenoxy) is 1. The summed E-state index contributed by atoms with van der Waals surface area (Å²) in [4.78, 5) is 31.4. The molecule has 2 aliphatic rings. The molecule has 8 nitrogen and oxygen atoms in total. The van der Waals surface area contributed by atoms with E-state index in [0.29, 0.717) is 35.9 Å². The number of nitrogens with one attached hydrogen (secondary N) is 1. The van der Waals surface area contributed by atoms with Gasteiger partial charge >= 0.3 is 0 Å². The summed E-state index contributed by atoms with van der Waals surface area (Å²) in [7, 11) is 1.89. The van der Waals surface area contributed by atoms with Gasteiger partial charge in [-0.3, -0.25) is 19.2 Å². The van der Waals surface area contributed by atoms with Crippen LogP contribution in [0.3, 0.4) is 0 Å². The van der Waals surface area contributed by atoms with Crippen molar-refractivity contribution in [2.45, 2.75) is 26.8 Å². The third-order valence-corrected chi connectivity index (χ3v) is 6.05. The number of aryl methyl sites for hydroxylation is 2. The van der Waals surface area contributed by atoms with Gasteiger partial charge < -0.3 is 10.1 Å². The lowest BCUT2D eigenvalue weighted by Gasteiger charge is -2.29. The Morgan fingerprint density at radius 3 is 2.77 bits per heavy atom. The molecule has 1 N–H and O–H groups in total. The molecule has 2 aliphatic heterocycles. The monoisotopic (exact) mass is 417 g/mol. The van der Waals surface area contributed by atoms with E-state index < -0.39 is 0 Å². The van der Waals surface area contributed by atoms with Crippen molar-refractivity contribution in [2.75, 3.05) is 18.1 Å². The second-order valence-electron chi connectivity index (χ2n) is 7.94. The molecule has 0 radical (unpaired) electrons. The normalized spacial score (nSPS) is 15.3. The zero-order valence-corrected chi connectivity index (χ0v) is 17.7. The van der Waals surface area contributed by atoms with E-state index in [2.05, 4.69) is 10.4 Å². The molecule has 2 aromatic heterocycles. The molecular weight excluding hydrogens is 394 g/mol.